The maximum atomic E-state index is 12.0. The molecule has 2 unspecified atom stereocenters. The molecule has 1 saturated heterocycles. The van der Waals surface area contributed by atoms with E-state index in [0.717, 1.165) is 26.1 Å². The van der Waals surface area contributed by atoms with Gasteiger partial charge in [0, 0.05) is 19.3 Å². The number of ether oxygens (including phenoxy) is 1. The van der Waals surface area contributed by atoms with Gasteiger partial charge in [0.2, 0.25) is 5.91 Å². The molecular weight excluding hydrogens is 216 g/mol. The van der Waals surface area contributed by atoms with Crippen LogP contribution in [0.2, 0.25) is 0 Å². The Morgan fingerprint density at radius 3 is 2.65 bits per heavy atom. The van der Waals surface area contributed by atoms with Crippen LogP contribution in [0.15, 0.2) is 0 Å². The highest BCUT2D eigenvalue weighted by atomic mass is 16.5. The quantitative estimate of drug-likeness (QED) is 0.813. The third-order valence-corrected chi connectivity index (χ3v) is 3.79. The lowest BCUT2D eigenvalue weighted by Crippen LogP contribution is -2.46. The van der Waals surface area contributed by atoms with Crippen molar-refractivity contribution in [3.63, 3.8) is 0 Å². The molecule has 0 bridgehead atoms. The van der Waals surface area contributed by atoms with Gasteiger partial charge >= 0.3 is 0 Å². The van der Waals surface area contributed by atoms with Gasteiger partial charge in [-0.3, -0.25) is 4.79 Å². The molecule has 0 saturated carbocycles. The zero-order valence-corrected chi connectivity index (χ0v) is 11.0. The van der Waals surface area contributed by atoms with Gasteiger partial charge in [-0.2, -0.15) is 5.26 Å². The van der Waals surface area contributed by atoms with Crippen molar-refractivity contribution >= 4 is 5.91 Å². The fraction of sp³-hybridized carbons (Fsp3) is 0.846. The molecule has 1 fully saturated rings. The summed E-state index contributed by atoms with van der Waals surface area (Å²) in [7, 11) is 0. The minimum atomic E-state index is -0.903. The Labute approximate surface area is 103 Å². The predicted molar refractivity (Wildman–Crippen MR) is 65.2 cm³/mol. The molecular formula is C13H22N2O2. The van der Waals surface area contributed by atoms with Crippen LogP contribution in [-0.4, -0.2) is 25.2 Å². The minimum Gasteiger partial charge on any atom is -0.381 e. The average molecular weight is 238 g/mol. The summed E-state index contributed by atoms with van der Waals surface area (Å²) in [6.07, 6.45) is 2.50. The molecule has 0 aromatic heterocycles. The van der Waals surface area contributed by atoms with Gasteiger partial charge in [0.1, 0.15) is 5.41 Å². The summed E-state index contributed by atoms with van der Waals surface area (Å²) >= 11 is 0. The SMILES string of the molecule is CCC(C)(C#N)C(=O)NC(C)C1CCOCC1. The van der Waals surface area contributed by atoms with E-state index < -0.39 is 5.41 Å². The highest BCUT2D eigenvalue weighted by Gasteiger charge is 2.33. The van der Waals surface area contributed by atoms with Crippen molar-refractivity contribution < 1.29 is 9.53 Å². The minimum absolute atomic E-state index is 0.116. The molecule has 0 aliphatic carbocycles. The first-order valence-electron chi connectivity index (χ1n) is 6.33. The summed E-state index contributed by atoms with van der Waals surface area (Å²) < 4.78 is 5.30. The average Bonchev–Trinajstić information content (AvgIpc) is 2.38. The standard InChI is InChI=1S/C13H22N2O2/c1-4-13(3,9-14)12(16)15-10(2)11-5-7-17-8-6-11/h10-11H,4-8H2,1-3H3,(H,15,16). The van der Waals surface area contributed by atoms with Gasteiger partial charge in [0.05, 0.1) is 6.07 Å². The molecule has 4 heteroatoms. The Bertz CT molecular complexity index is 305. The Morgan fingerprint density at radius 1 is 1.59 bits per heavy atom. The summed E-state index contributed by atoms with van der Waals surface area (Å²) in [5.74, 6) is 0.314. The van der Waals surface area contributed by atoms with Gasteiger partial charge in [-0.25, -0.2) is 0 Å². The van der Waals surface area contributed by atoms with Crippen molar-refractivity contribution in [2.24, 2.45) is 11.3 Å². The molecule has 96 valence electrons. The lowest BCUT2D eigenvalue weighted by Gasteiger charge is -2.30. The van der Waals surface area contributed by atoms with E-state index in [0.29, 0.717) is 12.3 Å². The molecule has 0 aromatic rings. The molecule has 2 atom stereocenters. The Hall–Kier alpha value is -1.08. The number of nitriles is 1. The lowest BCUT2D eigenvalue weighted by molar-refractivity contribution is -0.128. The second kappa shape index (κ2) is 6.02. The van der Waals surface area contributed by atoms with Crippen molar-refractivity contribution in [3.05, 3.63) is 0 Å². The van der Waals surface area contributed by atoms with Crippen LogP contribution in [0.4, 0.5) is 0 Å². The molecule has 0 aromatic carbocycles. The fourth-order valence-electron chi connectivity index (χ4n) is 1.99. The van der Waals surface area contributed by atoms with Crippen LogP contribution < -0.4 is 5.32 Å². The molecule has 1 amide bonds. The highest BCUT2D eigenvalue weighted by Crippen LogP contribution is 2.23. The maximum absolute atomic E-state index is 12.0. The molecule has 1 heterocycles. The largest absolute Gasteiger partial charge is 0.381 e. The van der Waals surface area contributed by atoms with Gasteiger partial charge in [0.15, 0.2) is 0 Å². The molecule has 0 spiro atoms. The van der Waals surface area contributed by atoms with E-state index in [-0.39, 0.29) is 11.9 Å². The zero-order valence-electron chi connectivity index (χ0n) is 11.0. The number of nitrogens with one attached hydrogen (secondary N) is 1. The monoisotopic (exact) mass is 238 g/mol. The van der Waals surface area contributed by atoms with E-state index in [1.807, 2.05) is 13.8 Å². The van der Waals surface area contributed by atoms with Crippen molar-refractivity contribution in [3.8, 4) is 6.07 Å². The van der Waals surface area contributed by atoms with Crippen molar-refractivity contribution in [2.45, 2.75) is 46.1 Å². The second-order valence-corrected chi connectivity index (χ2v) is 5.01. The van der Waals surface area contributed by atoms with Crippen molar-refractivity contribution in [2.75, 3.05) is 13.2 Å². The number of carbonyl (C=O) groups is 1. The van der Waals surface area contributed by atoms with Gasteiger partial charge < -0.3 is 10.1 Å². The van der Waals surface area contributed by atoms with E-state index in [1.165, 1.54) is 0 Å². The van der Waals surface area contributed by atoms with Crippen LogP contribution in [-0.2, 0) is 9.53 Å². The van der Waals surface area contributed by atoms with E-state index in [4.69, 9.17) is 10.00 Å². The van der Waals surface area contributed by atoms with Gasteiger partial charge in [-0.15, -0.1) is 0 Å². The first-order valence-corrected chi connectivity index (χ1v) is 6.33. The second-order valence-electron chi connectivity index (χ2n) is 5.01. The van der Waals surface area contributed by atoms with Crippen LogP contribution >= 0.6 is 0 Å². The van der Waals surface area contributed by atoms with Gasteiger partial charge in [-0.1, -0.05) is 6.92 Å². The molecule has 1 aliphatic rings. The number of rotatable bonds is 4. The molecule has 1 aliphatic heterocycles. The van der Waals surface area contributed by atoms with Crippen molar-refractivity contribution in [1.29, 1.82) is 5.26 Å². The predicted octanol–water partition coefficient (Wildman–Crippen LogP) is 1.86. The first kappa shape index (κ1) is 14.0. The van der Waals surface area contributed by atoms with Crippen molar-refractivity contribution in [1.82, 2.24) is 5.32 Å². The number of hydrogen-bond donors (Lipinski definition) is 1. The van der Waals surface area contributed by atoms with Gasteiger partial charge in [0.25, 0.3) is 0 Å². The van der Waals surface area contributed by atoms with Crippen LogP contribution in [0.25, 0.3) is 0 Å². The summed E-state index contributed by atoms with van der Waals surface area (Å²) in [6, 6.07) is 2.22. The van der Waals surface area contributed by atoms with Crippen LogP contribution in [0.5, 0.6) is 0 Å². The van der Waals surface area contributed by atoms with E-state index in [9.17, 15) is 4.79 Å². The number of amides is 1. The Morgan fingerprint density at radius 2 is 2.18 bits per heavy atom. The number of nitrogens with zero attached hydrogens (tertiary/aromatic N) is 1. The molecule has 0 radical (unpaired) electrons. The Balaban J connectivity index is 2.53. The van der Waals surface area contributed by atoms with Crippen LogP contribution in [0.3, 0.4) is 0 Å². The fourth-order valence-corrected chi connectivity index (χ4v) is 1.99. The molecule has 4 nitrogen and oxygen atoms in total. The lowest BCUT2D eigenvalue weighted by atomic mass is 9.86. The Kier molecular flexibility index (Phi) is 4.95. The highest BCUT2D eigenvalue weighted by molar-refractivity contribution is 5.85. The first-order chi connectivity index (χ1) is 8.03. The maximum Gasteiger partial charge on any atom is 0.240 e. The smallest absolute Gasteiger partial charge is 0.240 e. The van der Waals surface area contributed by atoms with E-state index in [2.05, 4.69) is 11.4 Å². The number of carbonyl (C=O) groups excluding carboxylic acids is 1. The van der Waals surface area contributed by atoms with Crippen LogP contribution in [0.1, 0.15) is 40.0 Å². The molecule has 1 rings (SSSR count). The summed E-state index contributed by atoms with van der Waals surface area (Å²) in [5, 5.41) is 12.0. The zero-order chi connectivity index (χ0) is 12.9. The summed E-state index contributed by atoms with van der Waals surface area (Å²) in [6.45, 7) is 7.12. The normalized spacial score (nSPS) is 22.2. The van der Waals surface area contributed by atoms with Gasteiger partial charge in [-0.05, 0) is 39.0 Å². The van der Waals surface area contributed by atoms with Crippen LogP contribution in [0, 0.1) is 22.7 Å². The topological polar surface area (TPSA) is 62.1 Å². The number of hydrogen-bond acceptors (Lipinski definition) is 3. The van der Waals surface area contributed by atoms with E-state index in [1.54, 1.807) is 6.92 Å². The summed E-state index contributed by atoms with van der Waals surface area (Å²) in [4.78, 5) is 12.0. The molecule has 17 heavy (non-hydrogen) atoms. The third-order valence-electron chi connectivity index (χ3n) is 3.79. The summed E-state index contributed by atoms with van der Waals surface area (Å²) in [5.41, 5.74) is -0.903. The molecule has 1 N–H and O–H groups in total. The third kappa shape index (κ3) is 3.44. The van der Waals surface area contributed by atoms with E-state index >= 15 is 0 Å².